The lowest BCUT2D eigenvalue weighted by Crippen LogP contribution is -2.30. The molecule has 0 aliphatic heterocycles. The number of nitrogens with one attached hydrogen (secondary N) is 2. The molecule has 2 rings (SSSR count). The SMILES string of the molecule is Fc1ccccc1CCN(F)C(=S)Nc1ncc[nH]1. The summed E-state index contributed by atoms with van der Waals surface area (Å²) in [6.45, 7) is -0.0343. The van der Waals surface area contributed by atoms with Crippen LogP contribution in [0.15, 0.2) is 36.7 Å². The first kappa shape index (κ1) is 13.4. The summed E-state index contributed by atoms with van der Waals surface area (Å²) in [6, 6.07) is 6.26. The first-order valence-electron chi connectivity index (χ1n) is 5.64. The van der Waals surface area contributed by atoms with E-state index in [1.54, 1.807) is 24.4 Å². The van der Waals surface area contributed by atoms with E-state index in [0.29, 0.717) is 16.6 Å². The molecule has 7 heteroatoms. The van der Waals surface area contributed by atoms with E-state index in [1.807, 2.05) is 0 Å². The summed E-state index contributed by atoms with van der Waals surface area (Å²) >= 11 is 4.86. The molecule has 0 atom stereocenters. The van der Waals surface area contributed by atoms with Crippen molar-refractivity contribution in [2.24, 2.45) is 0 Å². The van der Waals surface area contributed by atoms with Crippen LogP contribution in [-0.2, 0) is 6.42 Å². The summed E-state index contributed by atoms with van der Waals surface area (Å²) in [5, 5.41) is 2.83. The minimum atomic E-state index is -0.346. The average Bonchev–Trinajstić information content (AvgIpc) is 2.90. The number of aromatic nitrogens is 2. The minimum Gasteiger partial charge on any atom is -0.331 e. The van der Waals surface area contributed by atoms with Gasteiger partial charge >= 0.3 is 0 Å². The number of nitrogens with zero attached hydrogens (tertiary/aromatic N) is 2. The van der Waals surface area contributed by atoms with Crippen molar-refractivity contribution in [2.75, 3.05) is 11.9 Å². The maximum Gasteiger partial charge on any atom is 0.206 e. The van der Waals surface area contributed by atoms with Gasteiger partial charge in [-0.3, -0.25) is 0 Å². The molecule has 4 nitrogen and oxygen atoms in total. The Morgan fingerprint density at radius 3 is 2.89 bits per heavy atom. The van der Waals surface area contributed by atoms with Gasteiger partial charge in [-0.25, -0.2) is 9.37 Å². The molecule has 0 amide bonds. The van der Waals surface area contributed by atoms with Gasteiger partial charge in [-0.05, 0) is 30.3 Å². The number of H-pyrrole nitrogens is 1. The second-order valence-corrected chi connectivity index (χ2v) is 4.18. The van der Waals surface area contributed by atoms with Crippen molar-refractivity contribution in [3.05, 3.63) is 48.0 Å². The molecule has 0 fully saturated rings. The largest absolute Gasteiger partial charge is 0.331 e. The third-order valence-corrected chi connectivity index (χ3v) is 2.78. The molecule has 0 saturated heterocycles. The summed E-state index contributed by atoms with van der Waals surface area (Å²) in [5.41, 5.74) is 0.450. The number of halogens is 2. The van der Waals surface area contributed by atoms with E-state index in [0.717, 1.165) is 0 Å². The quantitative estimate of drug-likeness (QED) is 0.668. The zero-order chi connectivity index (χ0) is 13.7. The fraction of sp³-hybridized carbons (Fsp3) is 0.167. The zero-order valence-electron chi connectivity index (χ0n) is 9.94. The number of benzene rings is 1. The van der Waals surface area contributed by atoms with Gasteiger partial charge in [0.25, 0.3) is 0 Å². The molecule has 1 heterocycles. The van der Waals surface area contributed by atoms with Crippen LogP contribution < -0.4 is 5.32 Å². The van der Waals surface area contributed by atoms with Crippen LogP contribution in [0.5, 0.6) is 0 Å². The molecule has 100 valence electrons. The van der Waals surface area contributed by atoms with Crippen LogP contribution in [0.4, 0.5) is 14.8 Å². The molecule has 0 unspecified atom stereocenters. The third kappa shape index (κ3) is 3.72. The Hall–Kier alpha value is -2.02. The van der Waals surface area contributed by atoms with Crippen molar-refractivity contribution < 1.29 is 8.87 Å². The summed E-state index contributed by atoms with van der Waals surface area (Å²) in [5.74, 6) is 0.0133. The third-order valence-electron chi connectivity index (χ3n) is 2.48. The van der Waals surface area contributed by atoms with E-state index in [2.05, 4.69) is 15.3 Å². The first-order chi connectivity index (χ1) is 9.16. The van der Waals surface area contributed by atoms with Crippen LogP contribution in [0, 0.1) is 5.82 Å². The molecular weight excluding hydrogens is 270 g/mol. The Balaban J connectivity index is 1.86. The highest BCUT2D eigenvalue weighted by atomic mass is 32.1. The number of hydrogen-bond donors (Lipinski definition) is 2. The molecule has 0 bridgehead atoms. The average molecular weight is 282 g/mol. The van der Waals surface area contributed by atoms with Gasteiger partial charge in [-0.15, -0.1) is 0 Å². The van der Waals surface area contributed by atoms with Crippen LogP contribution in [0.3, 0.4) is 0 Å². The number of hydrogen-bond acceptors (Lipinski definition) is 2. The highest BCUT2D eigenvalue weighted by molar-refractivity contribution is 7.80. The maximum absolute atomic E-state index is 13.7. The number of imidazole rings is 1. The summed E-state index contributed by atoms with van der Waals surface area (Å²) < 4.78 is 27.0. The highest BCUT2D eigenvalue weighted by Crippen LogP contribution is 2.09. The van der Waals surface area contributed by atoms with Crippen LogP contribution in [-0.4, -0.2) is 26.7 Å². The summed E-state index contributed by atoms with van der Waals surface area (Å²) in [7, 11) is 0. The maximum atomic E-state index is 13.7. The van der Waals surface area contributed by atoms with Gasteiger partial charge in [0.1, 0.15) is 5.82 Å². The van der Waals surface area contributed by atoms with Gasteiger partial charge in [0.2, 0.25) is 11.1 Å². The molecule has 0 radical (unpaired) electrons. The second kappa shape index (κ2) is 6.24. The number of thiocarbonyl (C=S) groups is 1. The van der Waals surface area contributed by atoms with Crippen molar-refractivity contribution >= 4 is 23.3 Å². The number of rotatable bonds is 4. The van der Waals surface area contributed by atoms with Crippen LogP contribution in [0.2, 0.25) is 0 Å². The van der Waals surface area contributed by atoms with Crippen LogP contribution in [0.1, 0.15) is 5.56 Å². The lowest BCUT2D eigenvalue weighted by atomic mass is 10.1. The Bertz CT molecular complexity index is 544. The van der Waals surface area contributed by atoms with Gasteiger partial charge in [-0.2, -0.15) is 5.12 Å². The van der Waals surface area contributed by atoms with E-state index in [-0.39, 0.29) is 23.9 Å². The zero-order valence-corrected chi connectivity index (χ0v) is 10.8. The van der Waals surface area contributed by atoms with E-state index in [4.69, 9.17) is 12.2 Å². The predicted octanol–water partition coefficient (Wildman–Crippen LogP) is 2.67. The molecule has 19 heavy (non-hydrogen) atoms. The van der Waals surface area contributed by atoms with E-state index >= 15 is 0 Å². The minimum absolute atomic E-state index is 0.0343. The number of aromatic amines is 1. The Kier molecular flexibility index (Phi) is 4.40. The Morgan fingerprint density at radius 1 is 1.42 bits per heavy atom. The molecule has 2 aromatic rings. The normalized spacial score (nSPS) is 10.2. The van der Waals surface area contributed by atoms with Gasteiger partial charge < -0.3 is 10.3 Å². The Morgan fingerprint density at radius 2 is 2.21 bits per heavy atom. The van der Waals surface area contributed by atoms with Crippen molar-refractivity contribution in [1.29, 1.82) is 0 Å². The fourth-order valence-corrected chi connectivity index (χ4v) is 1.70. The molecule has 0 saturated carbocycles. The predicted molar refractivity (Wildman–Crippen MR) is 72.7 cm³/mol. The van der Waals surface area contributed by atoms with Crippen molar-refractivity contribution in [1.82, 2.24) is 15.1 Å². The molecule has 0 spiro atoms. The van der Waals surface area contributed by atoms with Gasteiger partial charge in [0.05, 0.1) is 6.54 Å². The smallest absolute Gasteiger partial charge is 0.206 e. The van der Waals surface area contributed by atoms with E-state index < -0.39 is 0 Å². The van der Waals surface area contributed by atoms with Crippen molar-refractivity contribution in [2.45, 2.75) is 6.42 Å². The van der Waals surface area contributed by atoms with E-state index in [1.165, 1.54) is 12.3 Å². The lowest BCUT2D eigenvalue weighted by molar-refractivity contribution is 0.126. The summed E-state index contributed by atoms with van der Waals surface area (Å²) in [4.78, 5) is 6.61. The topological polar surface area (TPSA) is 44.0 Å². The fourth-order valence-electron chi connectivity index (χ4n) is 1.52. The molecule has 2 N–H and O–H groups in total. The standard InChI is InChI=1S/C12H12F2N4S/c13-10-4-2-1-3-9(10)5-8-18(14)12(19)17-11-15-6-7-16-11/h1-4,6-7H,5,8H2,(H2,15,16,17,19). The van der Waals surface area contributed by atoms with Crippen molar-refractivity contribution in [3.8, 4) is 0 Å². The van der Waals surface area contributed by atoms with Crippen LogP contribution in [0.25, 0.3) is 0 Å². The highest BCUT2D eigenvalue weighted by Gasteiger charge is 2.11. The molecule has 0 aliphatic carbocycles. The van der Waals surface area contributed by atoms with Crippen LogP contribution >= 0.6 is 12.2 Å². The van der Waals surface area contributed by atoms with E-state index in [9.17, 15) is 8.87 Å². The van der Waals surface area contributed by atoms with Crippen molar-refractivity contribution in [3.63, 3.8) is 0 Å². The van der Waals surface area contributed by atoms with Gasteiger partial charge in [0, 0.05) is 12.4 Å². The molecular formula is C12H12F2N4S. The Labute approximate surface area is 114 Å². The molecule has 1 aromatic carbocycles. The first-order valence-corrected chi connectivity index (χ1v) is 6.04. The summed E-state index contributed by atoms with van der Waals surface area (Å²) in [6.07, 6.45) is 3.34. The molecule has 1 aromatic heterocycles. The number of anilines is 1. The monoisotopic (exact) mass is 282 g/mol. The van der Waals surface area contributed by atoms with Gasteiger partial charge in [-0.1, -0.05) is 22.7 Å². The lowest BCUT2D eigenvalue weighted by Gasteiger charge is -2.15. The van der Waals surface area contributed by atoms with Gasteiger partial charge in [0.15, 0.2) is 0 Å². The second-order valence-electron chi connectivity index (χ2n) is 3.80. The molecule has 0 aliphatic rings.